The van der Waals surface area contributed by atoms with Gasteiger partial charge in [0.1, 0.15) is 12.7 Å². The van der Waals surface area contributed by atoms with E-state index < -0.39 is 0 Å². The zero-order chi connectivity index (χ0) is 17.8. The Morgan fingerprint density at radius 1 is 1.28 bits per heavy atom. The number of carbonyl (C=O) groups excluding carboxylic acids is 1. The van der Waals surface area contributed by atoms with Crippen LogP contribution in [0.4, 0.5) is 0 Å². The molecule has 0 aliphatic rings. The summed E-state index contributed by atoms with van der Waals surface area (Å²) in [6.45, 7) is 4.07. The fourth-order valence-corrected chi connectivity index (χ4v) is 3.30. The molecule has 0 fully saturated rings. The first kappa shape index (κ1) is 17.1. The molecule has 25 heavy (non-hydrogen) atoms. The van der Waals surface area contributed by atoms with Crippen LogP contribution in [-0.2, 0) is 4.79 Å². The largest absolute Gasteiger partial charge is 0.335 e. The maximum Gasteiger partial charge on any atom is 0.246 e. The number of nitrogens with zero attached hydrogens (tertiary/aromatic N) is 4. The van der Waals surface area contributed by atoms with Crippen molar-refractivity contribution in [1.82, 2.24) is 19.7 Å². The topological polar surface area (TPSA) is 51.0 Å². The van der Waals surface area contributed by atoms with Crippen LogP contribution < -0.4 is 0 Å². The van der Waals surface area contributed by atoms with Gasteiger partial charge < -0.3 is 4.90 Å². The van der Waals surface area contributed by atoms with Crippen LogP contribution in [0.5, 0.6) is 0 Å². The molecule has 3 rings (SSSR count). The SMILES string of the molecule is Cc1ccsc1/C=C/C(=O)N(C)[C@H](C)c1ccc(-n2cncn2)cc1. The van der Waals surface area contributed by atoms with E-state index in [0.29, 0.717) is 0 Å². The first-order chi connectivity index (χ1) is 12.1. The summed E-state index contributed by atoms with van der Waals surface area (Å²) in [7, 11) is 1.82. The van der Waals surface area contributed by atoms with Crippen LogP contribution in [0.2, 0.25) is 0 Å². The summed E-state index contributed by atoms with van der Waals surface area (Å²) in [6, 6.07) is 10.0. The Morgan fingerprint density at radius 2 is 2.04 bits per heavy atom. The summed E-state index contributed by atoms with van der Waals surface area (Å²) in [5.41, 5.74) is 3.20. The minimum atomic E-state index is -0.0219. The van der Waals surface area contributed by atoms with E-state index in [1.807, 2.05) is 56.6 Å². The highest BCUT2D eigenvalue weighted by molar-refractivity contribution is 7.11. The van der Waals surface area contributed by atoms with E-state index in [-0.39, 0.29) is 11.9 Å². The first-order valence-electron chi connectivity index (χ1n) is 8.00. The third-order valence-electron chi connectivity index (χ3n) is 4.27. The van der Waals surface area contributed by atoms with Crippen LogP contribution in [0.15, 0.2) is 54.4 Å². The average molecular weight is 352 g/mol. The van der Waals surface area contributed by atoms with Crippen molar-refractivity contribution in [2.75, 3.05) is 7.05 Å². The van der Waals surface area contributed by atoms with Crippen LogP contribution in [0.25, 0.3) is 11.8 Å². The Balaban J connectivity index is 1.69. The Bertz CT molecular complexity index is 865. The number of aromatic nitrogens is 3. The van der Waals surface area contributed by atoms with Gasteiger partial charge in [-0.15, -0.1) is 11.3 Å². The van der Waals surface area contributed by atoms with Gasteiger partial charge in [-0.2, -0.15) is 5.10 Å². The average Bonchev–Trinajstić information content (AvgIpc) is 3.30. The molecule has 1 atom stereocenters. The molecule has 6 heteroatoms. The lowest BCUT2D eigenvalue weighted by Crippen LogP contribution is -2.27. The van der Waals surface area contributed by atoms with Gasteiger partial charge >= 0.3 is 0 Å². The molecular formula is C19H20N4OS. The highest BCUT2D eigenvalue weighted by Gasteiger charge is 2.15. The Labute approximate surface area is 151 Å². The maximum atomic E-state index is 12.4. The fraction of sp³-hybridized carbons (Fsp3) is 0.211. The second-order valence-electron chi connectivity index (χ2n) is 5.86. The van der Waals surface area contributed by atoms with Gasteiger partial charge in [0, 0.05) is 18.0 Å². The third-order valence-corrected chi connectivity index (χ3v) is 5.25. The maximum absolute atomic E-state index is 12.4. The van der Waals surface area contributed by atoms with Crippen LogP contribution in [-0.4, -0.2) is 32.6 Å². The number of hydrogen-bond donors (Lipinski definition) is 0. The molecule has 0 spiro atoms. The molecule has 1 amide bonds. The highest BCUT2D eigenvalue weighted by atomic mass is 32.1. The zero-order valence-electron chi connectivity index (χ0n) is 14.5. The molecule has 2 heterocycles. The van der Waals surface area contributed by atoms with E-state index >= 15 is 0 Å². The monoisotopic (exact) mass is 352 g/mol. The normalized spacial score (nSPS) is 12.4. The lowest BCUT2D eigenvalue weighted by atomic mass is 10.1. The Kier molecular flexibility index (Phi) is 5.09. The van der Waals surface area contributed by atoms with Gasteiger partial charge in [0.25, 0.3) is 0 Å². The summed E-state index contributed by atoms with van der Waals surface area (Å²) in [4.78, 5) is 19.2. The summed E-state index contributed by atoms with van der Waals surface area (Å²) in [6.07, 6.45) is 6.69. The molecule has 0 saturated heterocycles. The van der Waals surface area contributed by atoms with Crippen molar-refractivity contribution in [3.05, 3.63) is 70.4 Å². The molecule has 0 aliphatic heterocycles. The standard InChI is InChI=1S/C19H20N4OS/c1-14-10-11-25-18(14)8-9-19(24)22(3)15(2)16-4-6-17(7-5-16)23-13-20-12-21-23/h4-13,15H,1-3H3/b9-8+/t15-/m1/s1. The molecule has 2 aromatic heterocycles. The predicted octanol–water partition coefficient (Wildman–Crippen LogP) is 3.87. The van der Waals surface area contributed by atoms with E-state index in [2.05, 4.69) is 16.1 Å². The number of hydrogen-bond acceptors (Lipinski definition) is 4. The Hall–Kier alpha value is -2.73. The molecule has 1 aromatic carbocycles. The third kappa shape index (κ3) is 3.85. The molecule has 0 radical (unpaired) electrons. The van der Waals surface area contributed by atoms with E-state index in [4.69, 9.17) is 0 Å². The van der Waals surface area contributed by atoms with Crippen molar-refractivity contribution in [3.63, 3.8) is 0 Å². The van der Waals surface area contributed by atoms with Crippen molar-refractivity contribution in [3.8, 4) is 5.69 Å². The molecule has 0 bridgehead atoms. The smallest absolute Gasteiger partial charge is 0.246 e. The van der Waals surface area contributed by atoms with Gasteiger partial charge in [-0.1, -0.05) is 12.1 Å². The molecule has 5 nitrogen and oxygen atoms in total. The summed E-state index contributed by atoms with van der Waals surface area (Å²) in [5, 5.41) is 6.14. The van der Waals surface area contributed by atoms with Crippen LogP contribution in [0.3, 0.4) is 0 Å². The molecule has 3 aromatic rings. The van der Waals surface area contributed by atoms with Crippen molar-refractivity contribution in [1.29, 1.82) is 0 Å². The second kappa shape index (κ2) is 7.44. The van der Waals surface area contributed by atoms with E-state index in [9.17, 15) is 4.79 Å². The molecule has 0 saturated carbocycles. The van der Waals surface area contributed by atoms with Crippen LogP contribution >= 0.6 is 11.3 Å². The summed E-state index contributed by atoms with van der Waals surface area (Å²) >= 11 is 1.64. The van der Waals surface area contributed by atoms with Crippen molar-refractivity contribution >= 4 is 23.3 Å². The fourth-order valence-electron chi connectivity index (χ4n) is 2.48. The van der Waals surface area contributed by atoms with Gasteiger partial charge in [-0.05, 0) is 54.6 Å². The molecule has 128 valence electrons. The highest BCUT2D eigenvalue weighted by Crippen LogP contribution is 2.21. The van der Waals surface area contributed by atoms with Gasteiger partial charge in [0.05, 0.1) is 11.7 Å². The molecular weight excluding hydrogens is 332 g/mol. The number of aryl methyl sites for hydroxylation is 1. The number of carbonyl (C=O) groups is 1. The number of thiophene rings is 1. The van der Waals surface area contributed by atoms with Crippen LogP contribution in [0, 0.1) is 6.92 Å². The minimum Gasteiger partial charge on any atom is -0.335 e. The van der Waals surface area contributed by atoms with Crippen LogP contribution in [0.1, 0.15) is 29.0 Å². The minimum absolute atomic E-state index is 0.0133. The summed E-state index contributed by atoms with van der Waals surface area (Å²) in [5.74, 6) is -0.0133. The van der Waals surface area contributed by atoms with E-state index in [1.54, 1.807) is 33.3 Å². The van der Waals surface area contributed by atoms with Crippen molar-refractivity contribution in [2.45, 2.75) is 19.9 Å². The van der Waals surface area contributed by atoms with E-state index in [1.165, 1.54) is 11.9 Å². The van der Waals surface area contributed by atoms with Gasteiger partial charge in [-0.25, -0.2) is 9.67 Å². The predicted molar refractivity (Wildman–Crippen MR) is 101 cm³/mol. The number of rotatable bonds is 5. The lowest BCUT2D eigenvalue weighted by Gasteiger charge is -2.24. The quantitative estimate of drug-likeness (QED) is 0.655. The zero-order valence-corrected chi connectivity index (χ0v) is 15.3. The summed E-state index contributed by atoms with van der Waals surface area (Å²) < 4.78 is 1.70. The number of benzene rings is 1. The van der Waals surface area contributed by atoms with E-state index in [0.717, 1.165) is 16.1 Å². The molecule has 0 N–H and O–H groups in total. The second-order valence-corrected chi connectivity index (χ2v) is 6.81. The molecule has 0 unspecified atom stereocenters. The van der Waals surface area contributed by atoms with Crippen molar-refractivity contribution < 1.29 is 4.79 Å². The van der Waals surface area contributed by atoms with Gasteiger partial charge in [0.15, 0.2) is 0 Å². The number of likely N-dealkylation sites (N-methyl/N-ethyl adjacent to an activating group) is 1. The van der Waals surface area contributed by atoms with Crippen molar-refractivity contribution in [2.24, 2.45) is 0 Å². The lowest BCUT2D eigenvalue weighted by molar-refractivity contribution is -0.126. The number of amides is 1. The first-order valence-corrected chi connectivity index (χ1v) is 8.88. The molecule has 0 aliphatic carbocycles. The van der Waals surface area contributed by atoms with Gasteiger partial charge in [-0.3, -0.25) is 4.79 Å². The van der Waals surface area contributed by atoms with Gasteiger partial charge in [0.2, 0.25) is 5.91 Å². The Morgan fingerprint density at radius 3 is 2.64 bits per heavy atom.